The predicted octanol–water partition coefficient (Wildman–Crippen LogP) is 5.12. The molecule has 8 heteroatoms. The van der Waals surface area contributed by atoms with E-state index in [-0.39, 0.29) is 29.6 Å². The van der Waals surface area contributed by atoms with Crippen molar-refractivity contribution in [2.24, 2.45) is 0 Å². The van der Waals surface area contributed by atoms with Crippen molar-refractivity contribution in [2.75, 3.05) is 11.9 Å². The van der Waals surface area contributed by atoms with Crippen LogP contribution in [-0.4, -0.2) is 28.5 Å². The fraction of sp³-hybridized carbons (Fsp3) is 0.0455. The van der Waals surface area contributed by atoms with E-state index in [4.69, 9.17) is 27.9 Å². The van der Waals surface area contributed by atoms with E-state index >= 15 is 0 Å². The average molecular weight is 440 g/mol. The Kier molecular flexibility index (Phi) is 5.70. The average Bonchev–Trinajstić information content (AvgIpc) is 3.13. The molecule has 0 atom stereocenters. The maximum absolute atomic E-state index is 12.8. The van der Waals surface area contributed by atoms with E-state index in [0.29, 0.717) is 26.8 Å². The summed E-state index contributed by atoms with van der Waals surface area (Å²) < 4.78 is 5.63. The van der Waals surface area contributed by atoms with Crippen LogP contribution >= 0.6 is 23.2 Å². The fourth-order valence-electron chi connectivity index (χ4n) is 2.95. The van der Waals surface area contributed by atoms with Crippen molar-refractivity contribution >= 4 is 51.5 Å². The first-order valence-electron chi connectivity index (χ1n) is 8.97. The first-order chi connectivity index (χ1) is 14.5. The van der Waals surface area contributed by atoms with Crippen LogP contribution in [0.2, 0.25) is 10.2 Å². The molecule has 0 spiro atoms. The number of benzene rings is 3. The van der Waals surface area contributed by atoms with Gasteiger partial charge in [-0.1, -0.05) is 53.5 Å². The van der Waals surface area contributed by atoms with E-state index in [2.05, 4.69) is 15.5 Å². The summed E-state index contributed by atoms with van der Waals surface area (Å²) in [7, 11) is 0. The second-order valence-corrected chi connectivity index (χ2v) is 7.24. The summed E-state index contributed by atoms with van der Waals surface area (Å²) in [4.78, 5) is 25.2. The van der Waals surface area contributed by atoms with Gasteiger partial charge in [-0.25, -0.2) is 0 Å². The van der Waals surface area contributed by atoms with Gasteiger partial charge in [0.2, 0.25) is 0 Å². The molecular formula is C22H15Cl2N3O3. The van der Waals surface area contributed by atoms with Gasteiger partial charge in [-0.05, 0) is 36.4 Å². The lowest BCUT2D eigenvalue weighted by molar-refractivity contribution is -0.118. The second kappa shape index (κ2) is 8.57. The number of fused-ring (bicyclic) bond motifs is 1. The number of aromatic nitrogens is 2. The minimum atomic E-state index is -0.387. The smallest absolute Gasteiger partial charge is 0.262 e. The number of carbonyl (C=O) groups is 2. The number of hydrogen-bond donors (Lipinski definition) is 2. The molecule has 150 valence electrons. The van der Waals surface area contributed by atoms with E-state index in [9.17, 15) is 9.59 Å². The van der Waals surface area contributed by atoms with Crippen LogP contribution in [0.3, 0.4) is 0 Å². The number of nitrogens with zero attached hydrogens (tertiary/aromatic N) is 1. The van der Waals surface area contributed by atoms with Gasteiger partial charge in [0.05, 0.1) is 11.1 Å². The van der Waals surface area contributed by atoms with Crippen LogP contribution in [0.4, 0.5) is 5.69 Å². The number of amides is 1. The molecule has 0 radical (unpaired) electrons. The molecule has 1 amide bonds. The molecule has 1 heterocycles. The molecule has 0 bridgehead atoms. The van der Waals surface area contributed by atoms with Gasteiger partial charge in [0.15, 0.2) is 17.5 Å². The fourth-order valence-corrected chi connectivity index (χ4v) is 3.32. The van der Waals surface area contributed by atoms with Crippen LogP contribution in [0.5, 0.6) is 5.75 Å². The molecule has 2 N–H and O–H groups in total. The van der Waals surface area contributed by atoms with Gasteiger partial charge < -0.3 is 10.1 Å². The number of ketones is 1. The van der Waals surface area contributed by atoms with Crippen molar-refractivity contribution in [3.05, 3.63) is 88.0 Å². The number of anilines is 1. The molecular weight excluding hydrogens is 425 g/mol. The number of hydrogen-bond acceptors (Lipinski definition) is 4. The summed E-state index contributed by atoms with van der Waals surface area (Å²) in [6.45, 7) is -0.284. The van der Waals surface area contributed by atoms with Crippen molar-refractivity contribution in [3.63, 3.8) is 0 Å². The largest absolute Gasteiger partial charge is 0.483 e. The Morgan fingerprint density at radius 3 is 2.60 bits per heavy atom. The van der Waals surface area contributed by atoms with Crippen LogP contribution in [0, 0.1) is 0 Å². The number of aromatic amines is 1. The summed E-state index contributed by atoms with van der Waals surface area (Å²) in [5.41, 5.74) is 2.10. The zero-order chi connectivity index (χ0) is 21.1. The molecule has 0 saturated heterocycles. The van der Waals surface area contributed by atoms with Gasteiger partial charge in [0, 0.05) is 21.7 Å². The number of rotatable bonds is 6. The minimum Gasteiger partial charge on any atom is -0.483 e. The molecule has 1 aromatic heterocycles. The molecule has 4 rings (SSSR count). The number of halogens is 2. The third-order valence-electron chi connectivity index (χ3n) is 4.38. The Bertz CT molecular complexity index is 1240. The van der Waals surface area contributed by atoms with E-state index in [1.165, 1.54) is 6.07 Å². The number of ether oxygens (including phenoxy) is 1. The highest BCUT2D eigenvalue weighted by atomic mass is 35.5. The van der Waals surface area contributed by atoms with Crippen molar-refractivity contribution in [2.45, 2.75) is 0 Å². The molecule has 0 aliphatic rings. The zero-order valence-electron chi connectivity index (χ0n) is 15.5. The predicted molar refractivity (Wildman–Crippen MR) is 117 cm³/mol. The highest BCUT2D eigenvalue weighted by Crippen LogP contribution is 2.26. The van der Waals surface area contributed by atoms with Gasteiger partial charge in [-0.15, -0.1) is 0 Å². The molecule has 4 aromatic rings. The molecule has 0 saturated carbocycles. The summed E-state index contributed by atoms with van der Waals surface area (Å²) in [6.07, 6.45) is 0. The third kappa shape index (κ3) is 4.30. The third-order valence-corrected chi connectivity index (χ3v) is 4.90. The molecule has 0 unspecified atom stereocenters. The number of carbonyl (C=O) groups excluding carboxylic acids is 2. The molecule has 6 nitrogen and oxygen atoms in total. The highest BCUT2D eigenvalue weighted by molar-refractivity contribution is 6.34. The standard InChI is InChI=1S/C22H15Cl2N3O3/c23-14-6-9-19(17(10-14)21(29)13-4-2-1-3-5-13)30-12-20(28)25-15-7-8-18-16(11-15)22(24)27-26-18/h1-11H,12H2,(H,25,28)(H,26,27). The molecule has 3 aromatic carbocycles. The Hall–Kier alpha value is -3.35. The van der Waals surface area contributed by atoms with Crippen molar-refractivity contribution in [1.82, 2.24) is 10.2 Å². The van der Waals surface area contributed by atoms with E-state index in [1.54, 1.807) is 54.6 Å². The lowest BCUT2D eigenvalue weighted by Crippen LogP contribution is -2.21. The monoisotopic (exact) mass is 439 g/mol. The first kappa shape index (κ1) is 19.9. The summed E-state index contributed by atoms with van der Waals surface area (Å²) >= 11 is 12.1. The van der Waals surface area contributed by atoms with Crippen LogP contribution in [0.15, 0.2) is 66.7 Å². The van der Waals surface area contributed by atoms with Crippen LogP contribution < -0.4 is 10.1 Å². The quantitative estimate of drug-likeness (QED) is 0.408. The highest BCUT2D eigenvalue weighted by Gasteiger charge is 2.16. The maximum atomic E-state index is 12.8. The maximum Gasteiger partial charge on any atom is 0.262 e. The van der Waals surface area contributed by atoms with Crippen molar-refractivity contribution in [3.8, 4) is 5.75 Å². The summed E-state index contributed by atoms with van der Waals surface area (Å²) in [5.74, 6) is -0.354. The Morgan fingerprint density at radius 2 is 1.80 bits per heavy atom. The van der Waals surface area contributed by atoms with Gasteiger partial charge in [-0.2, -0.15) is 5.10 Å². The van der Waals surface area contributed by atoms with Crippen molar-refractivity contribution in [1.29, 1.82) is 0 Å². The van der Waals surface area contributed by atoms with Gasteiger partial charge in [0.1, 0.15) is 5.75 Å². The number of nitrogens with one attached hydrogen (secondary N) is 2. The first-order valence-corrected chi connectivity index (χ1v) is 9.72. The molecule has 0 aliphatic heterocycles. The van der Waals surface area contributed by atoms with Gasteiger partial charge in [-0.3, -0.25) is 14.7 Å². The Morgan fingerprint density at radius 1 is 1.00 bits per heavy atom. The number of H-pyrrole nitrogens is 1. The summed E-state index contributed by atoms with van der Waals surface area (Å²) in [6, 6.07) is 18.7. The SMILES string of the molecule is O=C(COc1ccc(Cl)cc1C(=O)c1ccccc1)Nc1ccc2[nH]nc(Cl)c2c1. The normalized spacial score (nSPS) is 10.7. The van der Waals surface area contributed by atoms with Gasteiger partial charge >= 0.3 is 0 Å². The Labute approximate surface area is 181 Å². The zero-order valence-corrected chi connectivity index (χ0v) is 17.0. The molecule has 0 aliphatic carbocycles. The van der Waals surface area contributed by atoms with Gasteiger partial charge in [0.25, 0.3) is 5.91 Å². The van der Waals surface area contributed by atoms with Crippen molar-refractivity contribution < 1.29 is 14.3 Å². The molecule has 30 heavy (non-hydrogen) atoms. The Balaban J connectivity index is 1.48. The second-order valence-electron chi connectivity index (χ2n) is 6.45. The lowest BCUT2D eigenvalue weighted by Gasteiger charge is -2.12. The van der Waals surface area contributed by atoms with Crippen LogP contribution in [0.25, 0.3) is 10.9 Å². The topological polar surface area (TPSA) is 84.1 Å². The van der Waals surface area contributed by atoms with E-state index in [1.807, 2.05) is 6.07 Å². The molecule has 0 fully saturated rings. The van der Waals surface area contributed by atoms with E-state index < -0.39 is 0 Å². The van der Waals surface area contributed by atoms with E-state index in [0.717, 1.165) is 5.52 Å². The van der Waals surface area contributed by atoms with Crippen LogP contribution in [0.1, 0.15) is 15.9 Å². The summed E-state index contributed by atoms with van der Waals surface area (Å²) in [5, 5.41) is 10.9. The lowest BCUT2D eigenvalue weighted by atomic mass is 10.0. The minimum absolute atomic E-state index is 0.242. The van der Waals surface area contributed by atoms with Crippen LogP contribution in [-0.2, 0) is 4.79 Å².